The molecule has 0 nitrogen and oxygen atoms in total. The molecule has 0 N–H and O–H groups in total. The Hall–Kier alpha value is -3.22. The van der Waals surface area contributed by atoms with Crippen LogP contribution >= 0.6 is 0 Å². The number of hydrogen-bond acceptors (Lipinski definition) is 0. The maximum Gasteiger partial charge on any atom is 2.00 e. The van der Waals surface area contributed by atoms with E-state index in [-0.39, 0.29) is 62.4 Å². The standard InChI is InChI=1S/C39H28.2ClH.Zr/c1-3-15-29(16-4-1)39(31-19-9-10-20-31,30-17-5-2-6-18-30)38-34-25-23-27-13-7-11-21-32(27)36(34)37-33-22-12-8-14-28(33)24-26-35(37)38;;;/h1-19,21-26,38H,20H2;2*1H;/q;;;+2/p-2. The van der Waals surface area contributed by atoms with Crippen molar-refractivity contribution in [2.75, 3.05) is 0 Å². The summed E-state index contributed by atoms with van der Waals surface area (Å²) in [5.41, 5.74) is 9.41. The molecule has 0 aliphatic heterocycles. The molecule has 202 valence electrons. The molecule has 0 saturated carbocycles. The Bertz CT molecular complexity index is 1820. The van der Waals surface area contributed by atoms with Crippen molar-refractivity contribution in [1.29, 1.82) is 0 Å². The molecule has 6 aromatic rings. The summed E-state index contributed by atoms with van der Waals surface area (Å²) in [7, 11) is 0. The third-order valence-electron chi connectivity index (χ3n) is 8.96. The van der Waals surface area contributed by atoms with Gasteiger partial charge in [-0.25, -0.2) is 0 Å². The topological polar surface area (TPSA) is 0 Å². The monoisotopic (exact) mass is 656 g/mol. The Balaban J connectivity index is 0.00000118. The van der Waals surface area contributed by atoms with Crippen molar-refractivity contribution in [2.45, 2.75) is 17.8 Å². The Morgan fingerprint density at radius 2 is 0.952 bits per heavy atom. The minimum atomic E-state index is -0.350. The van der Waals surface area contributed by atoms with E-state index in [9.17, 15) is 0 Å². The van der Waals surface area contributed by atoms with Gasteiger partial charge in [-0.15, -0.1) is 0 Å². The molecule has 2 aliphatic carbocycles. The summed E-state index contributed by atoms with van der Waals surface area (Å²) in [6, 6.07) is 49.7. The average molecular weight is 659 g/mol. The van der Waals surface area contributed by atoms with Crippen LogP contribution in [0.25, 0.3) is 32.7 Å². The number of fused-ring (bicyclic) bond motifs is 7. The largest absolute Gasteiger partial charge is 2.00 e. The molecule has 0 radical (unpaired) electrons. The minimum Gasteiger partial charge on any atom is -1.00 e. The van der Waals surface area contributed by atoms with E-state index >= 15 is 0 Å². The summed E-state index contributed by atoms with van der Waals surface area (Å²) >= 11 is 0. The fourth-order valence-electron chi connectivity index (χ4n) is 7.45. The number of benzene rings is 6. The van der Waals surface area contributed by atoms with Crippen LogP contribution in [0.15, 0.2) is 157 Å². The molecule has 42 heavy (non-hydrogen) atoms. The van der Waals surface area contributed by atoms with Gasteiger partial charge >= 0.3 is 26.2 Å². The smallest absolute Gasteiger partial charge is 1.00 e. The average Bonchev–Trinajstić information content (AvgIpc) is 3.67. The van der Waals surface area contributed by atoms with Gasteiger partial charge in [0.15, 0.2) is 0 Å². The summed E-state index contributed by atoms with van der Waals surface area (Å²) in [6.45, 7) is 0. The maximum atomic E-state index is 2.42. The quantitative estimate of drug-likeness (QED) is 0.269. The molecule has 0 saturated heterocycles. The van der Waals surface area contributed by atoms with Gasteiger partial charge in [0.2, 0.25) is 0 Å². The molecule has 2 aliphatic rings. The van der Waals surface area contributed by atoms with E-state index in [1.54, 1.807) is 0 Å². The van der Waals surface area contributed by atoms with E-state index < -0.39 is 0 Å². The fraction of sp³-hybridized carbons (Fsp3) is 0.0769. The first-order valence-electron chi connectivity index (χ1n) is 13.9. The maximum absolute atomic E-state index is 2.42. The second-order valence-electron chi connectivity index (χ2n) is 10.8. The summed E-state index contributed by atoms with van der Waals surface area (Å²) in [4.78, 5) is 0. The van der Waals surface area contributed by atoms with Gasteiger partial charge in [0.1, 0.15) is 0 Å². The molecule has 0 atom stereocenters. The normalized spacial score (nSPS) is 13.5. The van der Waals surface area contributed by atoms with Crippen LogP contribution in [0, 0.1) is 0 Å². The SMILES string of the molecule is C1=CCC(C(c2ccccc2)(c2ccccc2)C2c3ccc4ccccc4c3-c3c2ccc2ccccc32)=C1.[Cl-].[Cl-].[Zr+2]. The predicted molar refractivity (Wildman–Crippen MR) is 164 cm³/mol. The van der Waals surface area contributed by atoms with Crippen molar-refractivity contribution < 1.29 is 51.0 Å². The van der Waals surface area contributed by atoms with E-state index in [1.165, 1.54) is 60.5 Å². The number of hydrogen-bond donors (Lipinski definition) is 0. The zero-order chi connectivity index (χ0) is 25.8. The summed E-state index contributed by atoms with van der Waals surface area (Å²) < 4.78 is 0. The van der Waals surface area contributed by atoms with Crippen molar-refractivity contribution in [3.05, 3.63) is 180 Å². The Morgan fingerprint density at radius 3 is 1.40 bits per heavy atom. The first kappa shape index (κ1) is 30.2. The molecule has 0 bridgehead atoms. The van der Waals surface area contributed by atoms with Gasteiger partial charge < -0.3 is 24.8 Å². The van der Waals surface area contributed by atoms with Crippen LogP contribution < -0.4 is 24.8 Å². The summed E-state index contributed by atoms with van der Waals surface area (Å²) in [5, 5.41) is 5.26. The van der Waals surface area contributed by atoms with Crippen molar-refractivity contribution >= 4 is 21.5 Å². The van der Waals surface area contributed by atoms with Gasteiger partial charge in [0.25, 0.3) is 0 Å². The van der Waals surface area contributed by atoms with Crippen LogP contribution in [0.4, 0.5) is 0 Å². The summed E-state index contributed by atoms with van der Waals surface area (Å²) in [5.74, 6) is 0.132. The molecule has 3 heteroatoms. The van der Waals surface area contributed by atoms with Crippen LogP contribution in [0.2, 0.25) is 0 Å². The zero-order valence-corrected chi connectivity index (χ0v) is 26.9. The molecule has 0 fully saturated rings. The molecule has 0 heterocycles. The van der Waals surface area contributed by atoms with Crippen LogP contribution in [-0.4, -0.2) is 0 Å². The van der Waals surface area contributed by atoms with Gasteiger partial charge in [-0.3, -0.25) is 0 Å². The molecular formula is C39H28Cl2Zr. The van der Waals surface area contributed by atoms with E-state index in [0.717, 1.165) is 6.42 Å². The van der Waals surface area contributed by atoms with Crippen molar-refractivity contribution in [3.63, 3.8) is 0 Å². The number of rotatable bonds is 4. The Labute approximate surface area is 279 Å². The van der Waals surface area contributed by atoms with Crippen LogP contribution in [0.1, 0.15) is 34.6 Å². The fourth-order valence-corrected chi connectivity index (χ4v) is 7.45. The van der Waals surface area contributed by atoms with Gasteiger partial charge in [0.05, 0.1) is 5.41 Å². The molecule has 0 unspecified atom stereocenters. The molecule has 6 aromatic carbocycles. The van der Waals surface area contributed by atoms with E-state index in [4.69, 9.17) is 0 Å². The van der Waals surface area contributed by atoms with Crippen molar-refractivity contribution in [3.8, 4) is 11.1 Å². The van der Waals surface area contributed by atoms with Gasteiger partial charge in [-0.05, 0) is 61.3 Å². The zero-order valence-electron chi connectivity index (χ0n) is 23.0. The second-order valence-corrected chi connectivity index (χ2v) is 10.8. The number of halogens is 2. The van der Waals surface area contributed by atoms with Gasteiger partial charge in [-0.1, -0.05) is 157 Å². The van der Waals surface area contributed by atoms with Crippen molar-refractivity contribution in [1.82, 2.24) is 0 Å². The molecule has 0 spiro atoms. The minimum absolute atomic E-state index is 0. The molecular weight excluding hydrogens is 631 g/mol. The first-order valence-corrected chi connectivity index (χ1v) is 13.9. The van der Waals surface area contributed by atoms with Crippen molar-refractivity contribution in [2.24, 2.45) is 0 Å². The predicted octanol–water partition coefficient (Wildman–Crippen LogP) is 3.98. The van der Waals surface area contributed by atoms with E-state index in [2.05, 4.69) is 152 Å². The third-order valence-corrected chi connectivity index (χ3v) is 8.96. The van der Waals surface area contributed by atoms with Crippen LogP contribution in [-0.2, 0) is 31.6 Å². The Kier molecular flexibility index (Phi) is 8.77. The first-order chi connectivity index (χ1) is 19.4. The second kappa shape index (κ2) is 12.2. The number of allylic oxidation sites excluding steroid dienone is 4. The van der Waals surface area contributed by atoms with Gasteiger partial charge in [0, 0.05) is 5.92 Å². The molecule has 8 rings (SSSR count). The van der Waals surface area contributed by atoms with Crippen LogP contribution in [0.3, 0.4) is 0 Å². The van der Waals surface area contributed by atoms with E-state index in [0.29, 0.717) is 0 Å². The molecule has 0 amide bonds. The van der Waals surface area contributed by atoms with Gasteiger partial charge in [-0.2, -0.15) is 0 Å². The summed E-state index contributed by atoms with van der Waals surface area (Å²) in [6.07, 6.45) is 7.88. The Morgan fingerprint density at radius 1 is 0.500 bits per heavy atom. The molecule has 0 aromatic heterocycles. The van der Waals surface area contributed by atoms with E-state index in [1.807, 2.05) is 0 Å². The van der Waals surface area contributed by atoms with Crippen LogP contribution in [0.5, 0.6) is 0 Å². The third kappa shape index (κ3) is 4.37.